The topological polar surface area (TPSA) is 87.7 Å². The van der Waals surface area contributed by atoms with E-state index in [4.69, 9.17) is 4.74 Å². The van der Waals surface area contributed by atoms with Gasteiger partial charge < -0.3 is 20.3 Å². The third kappa shape index (κ3) is 10.1. The third-order valence-electron chi connectivity index (χ3n) is 5.40. The van der Waals surface area contributed by atoms with Gasteiger partial charge in [0.2, 0.25) is 11.8 Å². The van der Waals surface area contributed by atoms with Crippen molar-refractivity contribution in [2.24, 2.45) is 5.92 Å². The van der Waals surface area contributed by atoms with E-state index in [1.165, 1.54) is 0 Å². The van der Waals surface area contributed by atoms with E-state index < -0.39 is 23.8 Å². The van der Waals surface area contributed by atoms with Gasteiger partial charge in [-0.25, -0.2) is 4.79 Å². The first-order valence-electron chi connectivity index (χ1n) is 12.6. The monoisotopic (exact) mass is 475 g/mol. The Kier molecular flexibility index (Phi) is 12.7. The van der Waals surface area contributed by atoms with Gasteiger partial charge in [-0.15, -0.1) is 0 Å². The van der Waals surface area contributed by atoms with Gasteiger partial charge in [-0.1, -0.05) is 77.3 Å². The Morgan fingerprint density at radius 2 is 1.59 bits per heavy atom. The molecule has 192 valence electrons. The summed E-state index contributed by atoms with van der Waals surface area (Å²) in [5.41, 5.74) is 0.0707. The zero-order valence-corrected chi connectivity index (χ0v) is 22.1. The number of benzene rings is 1. The lowest BCUT2D eigenvalue weighted by Crippen LogP contribution is -2.55. The molecule has 0 radical (unpaired) electrons. The summed E-state index contributed by atoms with van der Waals surface area (Å²) in [6, 6.07) is 7.78. The molecular weight excluding hydrogens is 430 g/mol. The molecule has 2 unspecified atom stereocenters. The summed E-state index contributed by atoms with van der Waals surface area (Å²) in [7, 11) is 0. The van der Waals surface area contributed by atoms with E-state index in [0.29, 0.717) is 13.1 Å². The highest BCUT2D eigenvalue weighted by Gasteiger charge is 2.37. The number of carbonyl (C=O) groups excluding carboxylic acids is 3. The van der Waals surface area contributed by atoms with Crippen molar-refractivity contribution in [2.75, 3.05) is 13.1 Å². The van der Waals surface area contributed by atoms with E-state index in [1.54, 1.807) is 25.7 Å². The Morgan fingerprint density at radius 1 is 0.971 bits per heavy atom. The second kappa shape index (κ2) is 14.6. The van der Waals surface area contributed by atoms with Crippen molar-refractivity contribution in [2.45, 2.75) is 98.3 Å². The summed E-state index contributed by atoms with van der Waals surface area (Å²) >= 11 is 0. The number of alkyl carbamates (subject to hydrolysis) is 1. The summed E-state index contributed by atoms with van der Waals surface area (Å²) < 4.78 is 5.40. The minimum absolute atomic E-state index is 0.187. The number of nitrogens with one attached hydrogen (secondary N) is 2. The highest BCUT2D eigenvalue weighted by Crippen LogP contribution is 2.24. The third-order valence-corrected chi connectivity index (χ3v) is 5.40. The molecule has 7 heteroatoms. The lowest BCUT2D eigenvalue weighted by Gasteiger charge is -2.35. The first kappa shape index (κ1) is 29.5. The summed E-state index contributed by atoms with van der Waals surface area (Å²) in [4.78, 5) is 41.4. The molecule has 0 saturated heterocycles. The van der Waals surface area contributed by atoms with Crippen molar-refractivity contribution < 1.29 is 19.1 Å². The molecule has 0 aliphatic heterocycles. The van der Waals surface area contributed by atoms with Crippen LogP contribution >= 0.6 is 0 Å². The van der Waals surface area contributed by atoms with Crippen LogP contribution in [0.3, 0.4) is 0 Å². The SMILES string of the molecule is CCCCCNC(=O)C(c1ccccc1)N(CCCC)C(=O)C(NC(=O)OC(C)(C)C)C(C)C. The molecule has 0 aromatic heterocycles. The van der Waals surface area contributed by atoms with E-state index in [-0.39, 0.29) is 17.7 Å². The molecule has 34 heavy (non-hydrogen) atoms. The minimum atomic E-state index is -0.814. The zero-order valence-electron chi connectivity index (χ0n) is 22.1. The van der Waals surface area contributed by atoms with Gasteiger partial charge in [-0.3, -0.25) is 9.59 Å². The average Bonchev–Trinajstić information content (AvgIpc) is 2.76. The van der Waals surface area contributed by atoms with Crippen LogP contribution in [-0.2, 0) is 14.3 Å². The van der Waals surface area contributed by atoms with Gasteiger partial charge in [0, 0.05) is 13.1 Å². The molecule has 0 aliphatic carbocycles. The molecule has 0 spiro atoms. The summed E-state index contributed by atoms with van der Waals surface area (Å²) in [6.45, 7) is 14.2. The van der Waals surface area contributed by atoms with Gasteiger partial charge in [0.1, 0.15) is 17.7 Å². The average molecular weight is 476 g/mol. The highest BCUT2D eigenvalue weighted by atomic mass is 16.6. The van der Waals surface area contributed by atoms with E-state index in [9.17, 15) is 14.4 Å². The maximum Gasteiger partial charge on any atom is 0.408 e. The first-order chi connectivity index (χ1) is 16.0. The molecule has 1 aromatic carbocycles. The Labute approximate surface area is 206 Å². The number of nitrogens with zero attached hydrogens (tertiary/aromatic N) is 1. The van der Waals surface area contributed by atoms with E-state index in [0.717, 1.165) is 37.7 Å². The van der Waals surface area contributed by atoms with E-state index in [1.807, 2.05) is 51.1 Å². The van der Waals surface area contributed by atoms with Gasteiger partial charge in [-0.05, 0) is 45.1 Å². The number of hydrogen-bond acceptors (Lipinski definition) is 4. The van der Waals surface area contributed by atoms with Crippen molar-refractivity contribution in [3.8, 4) is 0 Å². The minimum Gasteiger partial charge on any atom is -0.444 e. The molecule has 0 aliphatic rings. The van der Waals surface area contributed by atoms with Gasteiger partial charge in [0.15, 0.2) is 0 Å². The Morgan fingerprint density at radius 3 is 2.12 bits per heavy atom. The zero-order chi connectivity index (χ0) is 25.7. The van der Waals surface area contributed by atoms with Crippen LogP contribution in [0, 0.1) is 5.92 Å². The summed E-state index contributed by atoms with van der Waals surface area (Å²) in [5.74, 6) is -0.674. The predicted octanol–water partition coefficient (Wildman–Crippen LogP) is 5.21. The van der Waals surface area contributed by atoms with Gasteiger partial charge >= 0.3 is 6.09 Å². The highest BCUT2D eigenvalue weighted by molar-refractivity contribution is 5.92. The number of carbonyl (C=O) groups is 3. The molecule has 2 atom stereocenters. The van der Waals surface area contributed by atoms with Crippen molar-refractivity contribution in [3.63, 3.8) is 0 Å². The van der Waals surface area contributed by atoms with E-state index in [2.05, 4.69) is 17.6 Å². The van der Waals surface area contributed by atoms with E-state index >= 15 is 0 Å². The number of unbranched alkanes of at least 4 members (excludes halogenated alkanes) is 3. The van der Waals surface area contributed by atoms with Gasteiger partial charge in [0.05, 0.1) is 0 Å². The Hall–Kier alpha value is -2.57. The molecule has 1 aromatic rings. The van der Waals surface area contributed by atoms with Crippen LogP contribution in [0.2, 0.25) is 0 Å². The predicted molar refractivity (Wildman–Crippen MR) is 136 cm³/mol. The fourth-order valence-corrected chi connectivity index (χ4v) is 3.61. The number of hydrogen-bond donors (Lipinski definition) is 2. The molecular formula is C27H45N3O4. The fraction of sp³-hybridized carbons (Fsp3) is 0.667. The smallest absolute Gasteiger partial charge is 0.408 e. The quantitative estimate of drug-likeness (QED) is 0.383. The lowest BCUT2D eigenvalue weighted by molar-refractivity contribution is -0.143. The normalized spacial score (nSPS) is 13.2. The number of ether oxygens (including phenoxy) is 1. The van der Waals surface area contributed by atoms with Crippen molar-refractivity contribution >= 4 is 17.9 Å². The van der Waals surface area contributed by atoms with Crippen LogP contribution < -0.4 is 10.6 Å². The summed E-state index contributed by atoms with van der Waals surface area (Å²) in [6.07, 6.45) is 3.96. The van der Waals surface area contributed by atoms with Crippen molar-refractivity contribution in [3.05, 3.63) is 35.9 Å². The van der Waals surface area contributed by atoms with Gasteiger partial charge in [-0.2, -0.15) is 0 Å². The molecule has 0 fully saturated rings. The second-order valence-electron chi connectivity index (χ2n) is 10.1. The number of rotatable bonds is 13. The standard InChI is InChI=1S/C27H45N3O4/c1-8-10-15-18-28-24(31)23(21-16-13-12-14-17-21)30(19-11-9-2)25(32)22(20(3)4)29-26(33)34-27(5,6)7/h12-14,16-17,20,22-23H,8-11,15,18-19H2,1-7H3,(H,28,31)(H,29,33). The maximum atomic E-state index is 13.9. The molecule has 2 N–H and O–H groups in total. The van der Waals surface area contributed by atoms with Crippen molar-refractivity contribution in [1.29, 1.82) is 0 Å². The number of amides is 3. The van der Waals surface area contributed by atoms with Crippen LogP contribution in [0.1, 0.15) is 92.2 Å². The second-order valence-corrected chi connectivity index (χ2v) is 10.1. The molecule has 7 nitrogen and oxygen atoms in total. The lowest BCUT2D eigenvalue weighted by atomic mass is 9.98. The molecule has 3 amide bonds. The fourth-order valence-electron chi connectivity index (χ4n) is 3.61. The molecule has 0 heterocycles. The largest absolute Gasteiger partial charge is 0.444 e. The van der Waals surface area contributed by atoms with Crippen LogP contribution in [0.4, 0.5) is 4.79 Å². The summed E-state index contributed by atoms with van der Waals surface area (Å²) in [5, 5.41) is 5.77. The molecule has 0 saturated carbocycles. The Balaban J connectivity index is 3.28. The molecule has 0 bridgehead atoms. The van der Waals surface area contributed by atoms with Crippen LogP contribution in [-0.4, -0.2) is 47.5 Å². The van der Waals surface area contributed by atoms with Crippen LogP contribution in [0.25, 0.3) is 0 Å². The van der Waals surface area contributed by atoms with Gasteiger partial charge in [0.25, 0.3) is 0 Å². The van der Waals surface area contributed by atoms with Crippen molar-refractivity contribution in [1.82, 2.24) is 15.5 Å². The van der Waals surface area contributed by atoms with Crippen LogP contribution in [0.5, 0.6) is 0 Å². The van der Waals surface area contributed by atoms with Crippen LogP contribution in [0.15, 0.2) is 30.3 Å². The maximum absolute atomic E-state index is 13.9. The Bertz CT molecular complexity index is 759. The first-order valence-corrected chi connectivity index (χ1v) is 12.6. The molecule has 1 rings (SSSR count).